The van der Waals surface area contributed by atoms with Gasteiger partial charge < -0.3 is 4.57 Å². The minimum absolute atomic E-state index is 0.869. The summed E-state index contributed by atoms with van der Waals surface area (Å²) in [4.78, 5) is 10.3. The number of aromatic nitrogens is 3. The number of fused-ring (bicyclic) bond motifs is 9. The fraction of sp³-hybridized carbons (Fsp3) is 0.0556. The minimum atomic E-state index is 0.869. The Morgan fingerprint density at radius 3 is 1.72 bits per heavy atom. The van der Waals surface area contributed by atoms with Crippen molar-refractivity contribution in [3.8, 4) is 22.6 Å². The molecule has 39 heavy (non-hydrogen) atoms. The summed E-state index contributed by atoms with van der Waals surface area (Å²) in [5.74, 6) is 0.998. The van der Waals surface area contributed by atoms with Gasteiger partial charge in [-0.1, -0.05) is 103 Å². The van der Waals surface area contributed by atoms with E-state index in [1.54, 1.807) is 0 Å². The molecule has 0 amide bonds. The zero-order chi connectivity index (χ0) is 25.9. The van der Waals surface area contributed by atoms with E-state index in [0.717, 1.165) is 40.2 Å². The molecule has 0 N–H and O–H groups in total. The third kappa shape index (κ3) is 3.23. The molecule has 0 aliphatic rings. The van der Waals surface area contributed by atoms with E-state index in [1.165, 1.54) is 43.2 Å². The molecule has 0 aliphatic carbocycles. The Morgan fingerprint density at radius 2 is 1.03 bits per heavy atom. The van der Waals surface area contributed by atoms with Gasteiger partial charge >= 0.3 is 0 Å². The minimum Gasteiger partial charge on any atom is -0.324 e. The van der Waals surface area contributed by atoms with Crippen LogP contribution in [0.5, 0.6) is 0 Å². The van der Waals surface area contributed by atoms with Crippen molar-refractivity contribution in [2.45, 2.75) is 13.5 Å². The molecule has 184 valence electrons. The van der Waals surface area contributed by atoms with Gasteiger partial charge in [-0.05, 0) is 46.7 Å². The number of nitrogens with zero attached hydrogens (tertiary/aromatic N) is 3. The van der Waals surface area contributed by atoms with Crippen LogP contribution in [0.15, 0.2) is 121 Å². The maximum atomic E-state index is 5.28. The van der Waals surface area contributed by atoms with Crippen LogP contribution in [-0.2, 0) is 6.54 Å². The van der Waals surface area contributed by atoms with Gasteiger partial charge in [0.25, 0.3) is 0 Å². The molecular formula is C36H25N3. The van der Waals surface area contributed by atoms with Gasteiger partial charge in [-0.3, -0.25) is 0 Å². The van der Waals surface area contributed by atoms with Gasteiger partial charge in [-0.2, -0.15) is 0 Å². The molecule has 0 bridgehead atoms. The maximum Gasteiger partial charge on any atom is 0.141 e. The van der Waals surface area contributed by atoms with Gasteiger partial charge in [0, 0.05) is 33.8 Å². The molecule has 0 saturated heterocycles. The number of para-hydroxylation sites is 3. The van der Waals surface area contributed by atoms with E-state index in [9.17, 15) is 0 Å². The Kier molecular flexibility index (Phi) is 4.80. The summed E-state index contributed by atoms with van der Waals surface area (Å²) in [6.45, 7) is 3.04. The molecule has 3 heteroatoms. The van der Waals surface area contributed by atoms with Crippen LogP contribution in [0, 0.1) is 0 Å². The predicted molar refractivity (Wildman–Crippen MR) is 164 cm³/mol. The van der Waals surface area contributed by atoms with Crippen LogP contribution in [0.2, 0.25) is 0 Å². The molecule has 3 nitrogen and oxygen atoms in total. The average Bonchev–Trinajstić information content (AvgIpc) is 3.39. The van der Waals surface area contributed by atoms with E-state index in [2.05, 4.69) is 127 Å². The smallest absolute Gasteiger partial charge is 0.141 e. The van der Waals surface area contributed by atoms with Crippen LogP contribution in [0.3, 0.4) is 0 Å². The van der Waals surface area contributed by atoms with Crippen molar-refractivity contribution in [1.82, 2.24) is 14.5 Å². The predicted octanol–water partition coefficient (Wildman–Crippen LogP) is 9.40. The third-order valence-electron chi connectivity index (χ3n) is 7.96. The highest BCUT2D eigenvalue weighted by atomic mass is 15.1. The fourth-order valence-electron chi connectivity index (χ4n) is 6.23. The molecule has 8 rings (SSSR count). The van der Waals surface area contributed by atoms with E-state index in [4.69, 9.17) is 9.97 Å². The first-order valence-corrected chi connectivity index (χ1v) is 13.5. The lowest BCUT2D eigenvalue weighted by Gasteiger charge is -2.16. The Balaban J connectivity index is 1.43. The molecule has 0 atom stereocenters. The summed E-state index contributed by atoms with van der Waals surface area (Å²) in [5.41, 5.74) is 6.43. The molecule has 0 aliphatic heterocycles. The lowest BCUT2D eigenvalue weighted by molar-refractivity contribution is 0.796. The van der Waals surface area contributed by atoms with Gasteiger partial charge in [0.1, 0.15) is 5.82 Å². The number of imidazole rings is 1. The molecular weight excluding hydrogens is 474 g/mol. The molecule has 6 aromatic carbocycles. The summed E-state index contributed by atoms with van der Waals surface area (Å²) in [6, 6.07) is 43.1. The van der Waals surface area contributed by atoms with Crippen molar-refractivity contribution < 1.29 is 0 Å². The lowest BCUT2D eigenvalue weighted by Crippen LogP contribution is -1.97. The van der Waals surface area contributed by atoms with Crippen molar-refractivity contribution >= 4 is 54.3 Å². The summed E-state index contributed by atoms with van der Waals surface area (Å²) in [5, 5.41) is 8.68. The van der Waals surface area contributed by atoms with E-state index in [1.807, 2.05) is 6.07 Å². The van der Waals surface area contributed by atoms with Crippen molar-refractivity contribution in [2.24, 2.45) is 0 Å². The van der Waals surface area contributed by atoms with Crippen molar-refractivity contribution in [3.63, 3.8) is 0 Å². The molecule has 2 aromatic heterocycles. The first-order valence-electron chi connectivity index (χ1n) is 13.5. The molecule has 0 fully saturated rings. The van der Waals surface area contributed by atoms with Crippen molar-refractivity contribution in [3.05, 3.63) is 121 Å². The van der Waals surface area contributed by atoms with Crippen LogP contribution in [0.4, 0.5) is 0 Å². The Hall–Kier alpha value is -5.02. The van der Waals surface area contributed by atoms with Gasteiger partial charge in [0.2, 0.25) is 0 Å². The number of pyridine rings is 1. The normalized spacial score (nSPS) is 11.8. The van der Waals surface area contributed by atoms with Gasteiger partial charge in [-0.15, -0.1) is 0 Å². The zero-order valence-corrected chi connectivity index (χ0v) is 21.6. The second-order valence-electron chi connectivity index (χ2n) is 10.1. The molecule has 0 unspecified atom stereocenters. The third-order valence-corrected chi connectivity index (χ3v) is 7.96. The molecule has 0 spiro atoms. The van der Waals surface area contributed by atoms with Gasteiger partial charge in [0.05, 0.1) is 22.2 Å². The fourth-order valence-corrected chi connectivity index (χ4v) is 6.23. The Bertz CT molecular complexity index is 2200. The van der Waals surface area contributed by atoms with Gasteiger partial charge in [0.15, 0.2) is 0 Å². The number of aryl methyl sites for hydroxylation is 1. The average molecular weight is 500 g/mol. The highest BCUT2D eigenvalue weighted by molar-refractivity contribution is 6.33. The van der Waals surface area contributed by atoms with E-state index in [-0.39, 0.29) is 0 Å². The highest BCUT2D eigenvalue weighted by Gasteiger charge is 2.18. The summed E-state index contributed by atoms with van der Waals surface area (Å²) >= 11 is 0. The van der Waals surface area contributed by atoms with Crippen LogP contribution in [-0.4, -0.2) is 14.5 Å². The first kappa shape index (κ1) is 22.0. The van der Waals surface area contributed by atoms with E-state index in [0.29, 0.717) is 0 Å². The second-order valence-corrected chi connectivity index (χ2v) is 10.1. The molecule has 0 saturated carbocycles. The largest absolute Gasteiger partial charge is 0.324 e. The summed E-state index contributed by atoms with van der Waals surface area (Å²) in [6.07, 6.45) is 0. The monoisotopic (exact) mass is 499 g/mol. The van der Waals surface area contributed by atoms with E-state index >= 15 is 0 Å². The number of hydrogen-bond donors (Lipinski definition) is 0. The molecule has 8 aromatic rings. The summed E-state index contributed by atoms with van der Waals surface area (Å²) < 4.78 is 2.29. The van der Waals surface area contributed by atoms with E-state index < -0.39 is 0 Å². The van der Waals surface area contributed by atoms with Crippen LogP contribution >= 0.6 is 0 Å². The topological polar surface area (TPSA) is 30.7 Å². The number of rotatable bonds is 3. The second kappa shape index (κ2) is 8.50. The quantitative estimate of drug-likeness (QED) is 0.227. The van der Waals surface area contributed by atoms with Crippen LogP contribution in [0.25, 0.3) is 76.9 Å². The summed E-state index contributed by atoms with van der Waals surface area (Å²) in [7, 11) is 0. The highest BCUT2D eigenvalue weighted by Crippen LogP contribution is 2.42. The molecule has 0 radical (unpaired) electrons. The van der Waals surface area contributed by atoms with Gasteiger partial charge in [-0.25, -0.2) is 9.97 Å². The Labute approximate surface area is 226 Å². The van der Waals surface area contributed by atoms with Crippen LogP contribution < -0.4 is 0 Å². The maximum absolute atomic E-state index is 5.28. The van der Waals surface area contributed by atoms with Crippen molar-refractivity contribution in [1.29, 1.82) is 0 Å². The van der Waals surface area contributed by atoms with Crippen LogP contribution in [0.1, 0.15) is 6.92 Å². The SMILES string of the molecule is CCn1c(-c2ccc(-c3nc4ccccc4c4c5ccccc5c5ccccc5c34)cc2)nc2ccccc21. The Morgan fingerprint density at radius 1 is 0.487 bits per heavy atom. The zero-order valence-electron chi connectivity index (χ0n) is 21.6. The van der Waals surface area contributed by atoms with Crippen molar-refractivity contribution in [2.75, 3.05) is 0 Å². The lowest BCUT2D eigenvalue weighted by atomic mass is 9.90. The molecule has 2 heterocycles. The first-order chi connectivity index (χ1) is 19.3. The number of benzene rings is 6. The number of hydrogen-bond acceptors (Lipinski definition) is 2. The standard InChI is InChI=1S/C36H25N3/c1-2-39-32-18-10-9-17-31(32)38-36(39)24-21-19-23(20-22-24)35-34-28-14-6-4-12-26(28)25-11-3-5-13-27(25)33(34)29-15-7-8-16-30(29)37-35/h3-22H,2H2,1H3.